The smallest absolute Gasteiger partial charge is 0.401 e. The summed E-state index contributed by atoms with van der Waals surface area (Å²) in [7, 11) is 0. The molecule has 0 aliphatic heterocycles. The molecule has 0 aliphatic carbocycles. The zero-order valence-electron chi connectivity index (χ0n) is 9.92. The minimum absolute atomic E-state index is 0.0941. The molecule has 3 nitrogen and oxygen atoms in total. The zero-order valence-corrected chi connectivity index (χ0v) is 9.92. The molecule has 1 heterocycles. The average molecular weight is 250 g/mol. The monoisotopic (exact) mass is 250 g/mol. The molecule has 0 fully saturated rings. The Labute approximate surface area is 98.4 Å². The predicted molar refractivity (Wildman–Crippen MR) is 58.5 cm³/mol. The summed E-state index contributed by atoms with van der Waals surface area (Å²) in [6.45, 7) is 2.80. The molecule has 17 heavy (non-hydrogen) atoms. The van der Waals surface area contributed by atoms with Crippen molar-refractivity contribution < 1.29 is 17.6 Å². The van der Waals surface area contributed by atoms with Crippen molar-refractivity contribution in [1.29, 1.82) is 0 Å². The van der Waals surface area contributed by atoms with E-state index in [1.165, 1.54) is 4.90 Å². The summed E-state index contributed by atoms with van der Waals surface area (Å²) in [4.78, 5) is 1.26. The van der Waals surface area contributed by atoms with Crippen molar-refractivity contribution >= 4 is 0 Å². The highest BCUT2D eigenvalue weighted by atomic mass is 19.4. The van der Waals surface area contributed by atoms with Crippen molar-refractivity contribution in [1.82, 2.24) is 4.90 Å². The first kappa shape index (κ1) is 14.1. The summed E-state index contributed by atoms with van der Waals surface area (Å²) < 4.78 is 42.5. The minimum atomic E-state index is -4.23. The Balaban J connectivity index is 2.83. The van der Waals surface area contributed by atoms with Gasteiger partial charge < -0.3 is 10.2 Å². The molecule has 0 saturated carbocycles. The van der Waals surface area contributed by atoms with Crippen LogP contribution >= 0.6 is 0 Å². The molecule has 1 aromatic heterocycles. The van der Waals surface area contributed by atoms with Crippen LogP contribution in [0.3, 0.4) is 0 Å². The van der Waals surface area contributed by atoms with E-state index in [1.807, 2.05) is 0 Å². The zero-order chi connectivity index (χ0) is 13.1. The molecule has 0 aliphatic rings. The quantitative estimate of drug-likeness (QED) is 0.873. The highest BCUT2D eigenvalue weighted by Crippen LogP contribution is 2.26. The largest absolute Gasteiger partial charge is 0.465 e. The highest BCUT2D eigenvalue weighted by Gasteiger charge is 2.34. The Morgan fingerprint density at radius 1 is 1.41 bits per heavy atom. The van der Waals surface area contributed by atoms with Crippen molar-refractivity contribution in [2.75, 3.05) is 19.6 Å². The fourth-order valence-corrected chi connectivity index (χ4v) is 1.75. The van der Waals surface area contributed by atoms with Gasteiger partial charge in [0, 0.05) is 6.54 Å². The second-order valence-electron chi connectivity index (χ2n) is 3.88. The van der Waals surface area contributed by atoms with Gasteiger partial charge in [-0.2, -0.15) is 13.2 Å². The summed E-state index contributed by atoms with van der Waals surface area (Å²) in [5, 5.41) is 0. The van der Waals surface area contributed by atoms with Crippen LogP contribution in [-0.2, 0) is 0 Å². The second-order valence-corrected chi connectivity index (χ2v) is 3.88. The normalized spacial score (nSPS) is 14.3. The van der Waals surface area contributed by atoms with Crippen molar-refractivity contribution in [3.05, 3.63) is 23.7 Å². The van der Waals surface area contributed by atoms with E-state index < -0.39 is 18.8 Å². The van der Waals surface area contributed by atoms with Gasteiger partial charge in [-0.1, -0.05) is 6.92 Å². The fourth-order valence-electron chi connectivity index (χ4n) is 1.75. The maximum absolute atomic E-state index is 12.4. The number of rotatable bonds is 5. The van der Waals surface area contributed by atoms with Crippen LogP contribution in [0, 0.1) is 6.92 Å². The minimum Gasteiger partial charge on any atom is -0.465 e. The average Bonchev–Trinajstić information content (AvgIpc) is 2.62. The van der Waals surface area contributed by atoms with E-state index in [0.29, 0.717) is 11.5 Å². The van der Waals surface area contributed by atoms with Gasteiger partial charge in [0.1, 0.15) is 11.5 Å². The number of hydrogen-bond acceptors (Lipinski definition) is 3. The molecule has 0 aromatic carbocycles. The van der Waals surface area contributed by atoms with E-state index in [4.69, 9.17) is 10.2 Å². The topological polar surface area (TPSA) is 42.4 Å². The van der Waals surface area contributed by atoms with Gasteiger partial charge in [0.15, 0.2) is 0 Å². The molecule has 0 spiro atoms. The molecule has 0 radical (unpaired) electrons. The van der Waals surface area contributed by atoms with Gasteiger partial charge >= 0.3 is 6.18 Å². The molecule has 1 rings (SSSR count). The van der Waals surface area contributed by atoms with Gasteiger partial charge in [0.05, 0.1) is 12.6 Å². The van der Waals surface area contributed by atoms with Gasteiger partial charge in [-0.05, 0) is 25.6 Å². The molecule has 1 atom stereocenters. The molecule has 1 unspecified atom stereocenters. The van der Waals surface area contributed by atoms with Crippen molar-refractivity contribution in [2.45, 2.75) is 26.1 Å². The van der Waals surface area contributed by atoms with Crippen LogP contribution in [-0.4, -0.2) is 30.7 Å². The third kappa shape index (κ3) is 4.05. The Morgan fingerprint density at radius 3 is 2.41 bits per heavy atom. The molecular formula is C11H17F3N2O. The number of furan rings is 1. The summed E-state index contributed by atoms with van der Waals surface area (Å²) in [5.74, 6) is 1.15. The van der Waals surface area contributed by atoms with Crippen LogP contribution in [0.5, 0.6) is 0 Å². The maximum atomic E-state index is 12.4. The lowest BCUT2D eigenvalue weighted by atomic mass is 10.2. The molecule has 0 saturated heterocycles. The van der Waals surface area contributed by atoms with E-state index in [2.05, 4.69) is 0 Å². The van der Waals surface area contributed by atoms with Crippen LogP contribution in [0.1, 0.15) is 24.5 Å². The number of nitrogens with zero attached hydrogens (tertiary/aromatic N) is 1. The number of halogens is 3. The lowest BCUT2D eigenvalue weighted by molar-refractivity contribution is -0.151. The second kappa shape index (κ2) is 5.55. The number of aryl methyl sites for hydroxylation is 1. The number of nitrogens with two attached hydrogens (primary N) is 1. The van der Waals surface area contributed by atoms with E-state index in [1.54, 1.807) is 26.0 Å². The van der Waals surface area contributed by atoms with E-state index >= 15 is 0 Å². The fraction of sp³-hybridized carbons (Fsp3) is 0.636. The third-order valence-electron chi connectivity index (χ3n) is 2.54. The van der Waals surface area contributed by atoms with Gasteiger partial charge in [-0.15, -0.1) is 0 Å². The Morgan fingerprint density at radius 2 is 2.06 bits per heavy atom. The maximum Gasteiger partial charge on any atom is 0.401 e. The van der Waals surface area contributed by atoms with Crippen LogP contribution in [0.15, 0.2) is 16.5 Å². The van der Waals surface area contributed by atoms with Gasteiger partial charge in [0.2, 0.25) is 0 Å². The van der Waals surface area contributed by atoms with Crippen molar-refractivity contribution in [2.24, 2.45) is 5.73 Å². The summed E-state index contributed by atoms with van der Waals surface area (Å²) in [6, 6.07) is 2.86. The molecular weight excluding hydrogens is 233 g/mol. The van der Waals surface area contributed by atoms with E-state index in [9.17, 15) is 13.2 Å². The number of hydrogen-bond donors (Lipinski definition) is 1. The summed E-state index contributed by atoms with van der Waals surface area (Å²) in [6.07, 6.45) is -4.23. The lowest BCUT2D eigenvalue weighted by Gasteiger charge is -2.28. The van der Waals surface area contributed by atoms with Gasteiger partial charge in [0.25, 0.3) is 0 Å². The molecule has 1 aromatic rings. The first-order valence-electron chi connectivity index (χ1n) is 5.44. The molecule has 6 heteroatoms. The van der Waals surface area contributed by atoms with Crippen LogP contribution in [0.4, 0.5) is 13.2 Å². The van der Waals surface area contributed by atoms with Crippen LogP contribution in [0.2, 0.25) is 0 Å². The Bertz CT molecular complexity index is 349. The van der Waals surface area contributed by atoms with Crippen LogP contribution < -0.4 is 5.73 Å². The first-order valence-corrected chi connectivity index (χ1v) is 5.44. The number of alkyl halides is 3. The van der Waals surface area contributed by atoms with Crippen molar-refractivity contribution in [3.63, 3.8) is 0 Å². The molecule has 98 valence electrons. The predicted octanol–water partition coefficient (Wildman–Crippen LogP) is 2.47. The van der Waals surface area contributed by atoms with Gasteiger partial charge in [-0.3, -0.25) is 4.90 Å². The summed E-state index contributed by atoms with van der Waals surface area (Å²) >= 11 is 0. The Hall–Kier alpha value is -1.01. The standard InChI is InChI=1S/C11H17F3N2O/c1-3-16(7-11(12,13)14)9(6-15)10-5-4-8(2)17-10/h4-5,9H,3,6-7,15H2,1-2H3. The first-order chi connectivity index (χ1) is 7.87. The van der Waals surface area contributed by atoms with Gasteiger partial charge in [-0.25, -0.2) is 0 Å². The molecule has 0 bridgehead atoms. The van der Waals surface area contributed by atoms with E-state index in [-0.39, 0.29) is 13.1 Å². The lowest BCUT2D eigenvalue weighted by Crippen LogP contribution is -2.39. The Kier molecular flexibility index (Phi) is 4.59. The third-order valence-corrected chi connectivity index (χ3v) is 2.54. The summed E-state index contributed by atoms with van der Waals surface area (Å²) in [5.41, 5.74) is 5.54. The highest BCUT2D eigenvalue weighted by molar-refractivity contribution is 5.10. The van der Waals surface area contributed by atoms with E-state index in [0.717, 1.165) is 0 Å². The number of likely N-dealkylation sites (N-methyl/N-ethyl adjacent to an activating group) is 1. The molecule has 2 N–H and O–H groups in total. The van der Waals surface area contributed by atoms with Crippen LogP contribution in [0.25, 0.3) is 0 Å². The van der Waals surface area contributed by atoms with Crippen molar-refractivity contribution in [3.8, 4) is 0 Å². The SMILES string of the molecule is CCN(CC(F)(F)F)C(CN)c1ccc(C)o1. The molecule has 0 amide bonds.